The van der Waals surface area contributed by atoms with E-state index in [1.807, 2.05) is 0 Å². The van der Waals surface area contributed by atoms with E-state index in [9.17, 15) is 9.59 Å². The molecule has 0 unspecified atom stereocenters. The number of carbonyl (C=O) groups excluding carboxylic acids is 1. The number of hydrogen-bond acceptors (Lipinski definition) is 3. The van der Waals surface area contributed by atoms with Crippen molar-refractivity contribution in [1.29, 1.82) is 0 Å². The molecule has 1 aliphatic carbocycles. The molecule has 0 saturated heterocycles. The van der Waals surface area contributed by atoms with E-state index in [0.29, 0.717) is 12.8 Å². The first-order chi connectivity index (χ1) is 10.9. The Bertz CT molecular complexity index is 413. The van der Waals surface area contributed by atoms with E-state index < -0.39 is 5.97 Å². The van der Waals surface area contributed by atoms with Gasteiger partial charge < -0.3 is 10.4 Å². The Hall–Kier alpha value is -1.32. The van der Waals surface area contributed by atoms with Crippen LogP contribution in [-0.2, 0) is 9.59 Å². The highest BCUT2D eigenvalue weighted by Gasteiger charge is 2.27. The van der Waals surface area contributed by atoms with Gasteiger partial charge >= 0.3 is 5.97 Å². The fourth-order valence-electron chi connectivity index (χ4n) is 3.17. The predicted octanol–water partition coefficient (Wildman–Crippen LogP) is 4.44. The van der Waals surface area contributed by atoms with Crippen molar-refractivity contribution in [3.63, 3.8) is 0 Å². The first-order valence-corrected chi connectivity index (χ1v) is 9.08. The van der Waals surface area contributed by atoms with Gasteiger partial charge in [-0.2, -0.15) is 0 Å². The van der Waals surface area contributed by atoms with Crippen molar-refractivity contribution >= 4 is 11.8 Å². The second kappa shape index (κ2) is 10.5. The largest absolute Gasteiger partial charge is 0.481 e. The zero-order valence-electron chi connectivity index (χ0n) is 14.8. The van der Waals surface area contributed by atoms with Gasteiger partial charge in [-0.05, 0) is 24.7 Å². The van der Waals surface area contributed by atoms with Crippen LogP contribution < -0.4 is 5.32 Å². The van der Waals surface area contributed by atoms with E-state index in [-0.39, 0.29) is 11.2 Å². The van der Waals surface area contributed by atoms with Gasteiger partial charge in [0.05, 0.1) is 0 Å². The van der Waals surface area contributed by atoms with Crippen LogP contribution in [0.2, 0.25) is 0 Å². The minimum absolute atomic E-state index is 0.0921. The maximum absolute atomic E-state index is 11.7. The lowest BCUT2D eigenvalue weighted by Crippen LogP contribution is -2.28. The molecule has 1 rings (SSSR count). The van der Waals surface area contributed by atoms with Gasteiger partial charge in [-0.25, -0.2) is 0 Å². The van der Waals surface area contributed by atoms with E-state index >= 15 is 0 Å². The summed E-state index contributed by atoms with van der Waals surface area (Å²) in [4.78, 5) is 22.0. The van der Waals surface area contributed by atoms with Crippen molar-refractivity contribution in [3.8, 4) is 0 Å². The number of nitrogens with one attached hydrogen (secondary N) is 1. The molecule has 0 fully saturated rings. The standard InChI is InChI=1S/C19H33NO3/c1-19(2)14-16(13-17(21)15-19)20-12-10-8-6-4-3-5-7-9-11-18(22)23/h13,20H,3-12,14-15H2,1-2H3,(H,22,23). The summed E-state index contributed by atoms with van der Waals surface area (Å²) in [5.41, 5.74) is 1.19. The Balaban J connectivity index is 1.94. The van der Waals surface area contributed by atoms with E-state index in [1.165, 1.54) is 25.7 Å². The quantitative estimate of drug-likeness (QED) is 0.521. The van der Waals surface area contributed by atoms with Gasteiger partial charge in [-0.15, -0.1) is 0 Å². The Labute approximate surface area is 140 Å². The predicted molar refractivity (Wildman–Crippen MR) is 93.3 cm³/mol. The molecular weight excluding hydrogens is 290 g/mol. The van der Waals surface area contributed by atoms with Gasteiger partial charge in [-0.1, -0.05) is 52.4 Å². The molecule has 0 heterocycles. The molecular formula is C19H33NO3. The van der Waals surface area contributed by atoms with Crippen LogP contribution in [0.4, 0.5) is 0 Å². The van der Waals surface area contributed by atoms with Crippen LogP contribution in [0.15, 0.2) is 11.8 Å². The monoisotopic (exact) mass is 323 g/mol. The number of carboxylic acid groups (broad SMARTS) is 1. The topological polar surface area (TPSA) is 66.4 Å². The molecule has 0 atom stereocenters. The molecule has 0 saturated carbocycles. The third kappa shape index (κ3) is 10.1. The third-order valence-electron chi connectivity index (χ3n) is 4.33. The number of allylic oxidation sites excluding steroid dienone is 2. The lowest BCUT2D eigenvalue weighted by molar-refractivity contribution is -0.137. The molecule has 132 valence electrons. The van der Waals surface area contributed by atoms with Gasteiger partial charge in [0.25, 0.3) is 0 Å². The lowest BCUT2D eigenvalue weighted by atomic mass is 9.79. The van der Waals surface area contributed by atoms with Crippen molar-refractivity contribution in [3.05, 3.63) is 11.8 Å². The Kier molecular flexibility index (Phi) is 8.97. The normalized spacial score (nSPS) is 17.0. The van der Waals surface area contributed by atoms with Crippen molar-refractivity contribution in [2.24, 2.45) is 5.41 Å². The Morgan fingerprint density at radius 3 is 2.17 bits per heavy atom. The van der Waals surface area contributed by atoms with Crippen LogP contribution in [0.5, 0.6) is 0 Å². The molecule has 2 N–H and O–H groups in total. The van der Waals surface area contributed by atoms with Gasteiger partial charge in [0.15, 0.2) is 5.78 Å². The van der Waals surface area contributed by atoms with Crippen LogP contribution in [0.25, 0.3) is 0 Å². The van der Waals surface area contributed by atoms with Crippen molar-refractivity contribution in [2.45, 2.75) is 84.5 Å². The van der Waals surface area contributed by atoms with E-state index in [0.717, 1.165) is 44.3 Å². The number of hydrogen-bond donors (Lipinski definition) is 2. The lowest BCUT2D eigenvalue weighted by Gasteiger charge is -2.29. The number of rotatable bonds is 12. The maximum atomic E-state index is 11.7. The summed E-state index contributed by atoms with van der Waals surface area (Å²) < 4.78 is 0. The molecule has 1 aliphatic rings. The van der Waals surface area contributed by atoms with Crippen molar-refractivity contribution in [1.82, 2.24) is 5.32 Å². The first kappa shape index (κ1) is 19.7. The number of unbranched alkanes of at least 4 members (excludes halogenated alkanes) is 7. The Morgan fingerprint density at radius 2 is 1.61 bits per heavy atom. The molecule has 23 heavy (non-hydrogen) atoms. The molecule has 4 nitrogen and oxygen atoms in total. The third-order valence-corrected chi connectivity index (χ3v) is 4.33. The minimum Gasteiger partial charge on any atom is -0.481 e. The molecule has 0 aromatic heterocycles. The molecule has 0 aromatic carbocycles. The highest BCUT2D eigenvalue weighted by molar-refractivity contribution is 5.91. The fourth-order valence-corrected chi connectivity index (χ4v) is 3.17. The van der Waals surface area contributed by atoms with E-state index in [4.69, 9.17) is 5.11 Å². The van der Waals surface area contributed by atoms with Crippen LogP contribution >= 0.6 is 0 Å². The highest BCUT2D eigenvalue weighted by atomic mass is 16.4. The summed E-state index contributed by atoms with van der Waals surface area (Å²) in [6.07, 6.45) is 12.7. The molecule has 0 spiro atoms. The summed E-state index contributed by atoms with van der Waals surface area (Å²) in [5, 5.41) is 12.0. The summed E-state index contributed by atoms with van der Waals surface area (Å²) in [7, 11) is 0. The smallest absolute Gasteiger partial charge is 0.303 e. The molecule has 0 aromatic rings. The highest BCUT2D eigenvalue weighted by Crippen LogP contribution is 2.32. The summed E-state index contributed by atoms with van der Waals surface area (Å²) >= 11 is 0. The first-order valence-electron chi connectivity index (χ1n) is 9.08. The summed E-state index contributed by atoms with van der Waals surface area (Å²) in [5.74, 6) is -0.442. The second-order valence-electron chi connectivity index (χ2n) is 7.55. The van der Waals surface area contributed by atoms with Crippen LogP contribution in [0, 0.1) is 5.41 Å². The zero-order chi connectivity index (χ0) is 17.1. The molecule has 0 aliphatic heterocycles. The minimum atomic E-state index is -0.685. The fraction of sp³-hybridized carbons (Fsp3) is 0.789. The molecule has 0 radical (unpaired) electrons. The van der Waals surface area contributed by atoms with Crippen LogP contribution in [0.1, 0.15) is 84.5 Å². The van der Waals surface area contributed by atoms with Crippen molar-refractivity contribution < 1.29 is 14.7 Å². The molecule has 0 amide bonds. The number of aliphatic carboxylic acids is 1. The van der Waals surface area contributed by atoms with Gasteiger partial charge in [0.2, 0.25) is 0 Å². The SMILES string of the molecule is CC1(C)CC(=O)C=C(NCCCCCCCCCCC(=O)O)C1. The van der Waals surface area contributed by atoms with Gasteiger partial charge in [-0.3, -0.25) is 9.59 Å². The van der Waals surface area contributed by atoms with Gasteiger partial charge in [0, 0.05) is 31.2 Å². The molecule has 4 heteroatoms. The van der Waals surface area contributed by atoms with Crippen molar-refractivity contribution in [2.75, 3.05) is 6.54 Å². The zero-order valence-corrected chi connectivity index (χ0v) is 14.8. The van der Waals surface area contributed by atoms with Gasteiger partial charge in [0.1, 0.15) is 0 Å². The summed E-state index contributed by atoms with van der Waals surface area (Å²) in [6.45, 7) is 5.25. The van der Waals surface area contributed by atoms with Crippen LogP contribution in [0.3, 0.4) is 0 Å². The number of ketones is 1. The second-order valence-corrected chi connectivity index (χ2v) is 7.55. The van der Waals surface area contributed by atoms with E-state index in [2.05, 4.69) is 19.2 Å². The summed E-state index contributed by atoms with van der Waals surface area (Å²) in [6, 6.07) is 0. The van der Waals surface area contributed by atoms with Crippen LogP contribution in [-0.4, -0.2) is 23.4 Å². The average molecular weight is 323 g/mol. The molecule has 0 bridgehead atoms. The maximum Gasteiger partial charge on any atom is 0.303 e. The number of carbonyl (C=O) groups is 2. The van der Waals surface area contributed by atoms with E-state index in [1.54, 1.807) is 6.08 Å². The Morgan fingerprint density at radius 1 is 1.04 bits per heavy atom. The number of carboxylic acids is 1. The average Bonchev–Trinajstić information content (AvgIpc) is 2.42.